The molecule has 0 N–H and O–H groups in total. The van der Waals surface area contributed by atoms with Crippen molar-refractivity contribution in [2.75, 3.05) is 33.4 Å². The molecule has 1 unspecified atom stereocenters. The lowest BCUT2D eigenvalue weighted by atomic mass is 9.89. The van der Waals surface area contributed by atoms with Gasteiger partial charge in [0.2, 0.25) is 0 Å². The second-order valence-corrected chi connectivity index (χ2v) is 6.98. The van der Waals surface area contributed by atoms with Crippen LogP contribution in [0.1, 0.15) is 25.3 Å². The molecular weight excluding hydrogens is 264 g/mol. The monoisotopic (exact) mass is 292 g/mol. The number of rotatable bonds is 5. The standard InChI is InChI=1S/C17H28N2S/c1-14(18(2)3)15-9-11-19(12-10-15)13-16-7-5-6-8-17(16)20-4/h5-8,14-15H,9-13H2,1-4H3. The normalized spacial score (nSPS) is 19.4. The van der Waals surface area contributed by atoms with E-state index in [-0.39, 0.29) is 0 Å². The summed E-state index contributed by atoms with van der Waals surface area (Å²) in [4.78, 5) is 6.41. The molecule has 0 amide bonds. The maximum absolute atomic E-state index is 2.62. The van der Waals surface area contributed by atoms with E-state index in [2.05, 4.69) is 61.3 Å². The fourth-order valence-electron chi connectivity index (χ4n) is 3.09. The van der Waals surface area contributed by atoms with Gasteiger partial charge in [-0.3, -0.25) is 4.90 Å². The molecule has 0 aromatic heterocycles. The van der Waals surface area contributed by atoms with Crippen LogP contribution in [0.3, 0.4) is 0 Å². The summed E-state index contributed by atoms with van der Waals surface area (Å²) in [6.07, 6.45) is 4.84. The smallest absolute Gasteiger partial charge is 0.0244 e. The molecule has 1 atom stereocenters. The first-order valence-electron chi connectivity index (χ1n) is 7.62. The number of piperidine rings is 1. The molecule has 1 aliphatic rings. The van der Waals surface area contributed by atoms with E-state index in [9.17, 15) is 0 Å². The summed E-state index contributed by atoms with van der Waals surface area (Å²) in [5, 5.41) is 0. The van der Waals surface area contributed by atoms with Gasteiger partial charge in [-0.2, -0.15) is 0 Å². The topological polar surface area (TPSA) is 6.48 Å². The van der Waals surface area contributed by atoms with Crippen LogP contribution in [0.25, 0.3) is 0 Å². The first kappa shape index (κ1) is 15.9. The minimum atomic E-state index is 0.704. The van der Waals surface area contributed by atoms with E-state index in [4.69, 9.17) is 0 Å². The first-order valence-corrected chi connectivity index (χ1v) is 8.85. The van der Waals surface area contributed by atoms with Crippen LogP contribution >= 0.6 is 11.8 Å². The van der Waals surface area contributed by atoms with Gasteiger partial charge in [0, 0.05) is 17.5 Å². The molecule has 1 aliphatic heterocycles. The van der Waals surface area contributed by atoms with Gasteiger partial charge < -0.3 is 4.90 Å². The van der Waals surface area contributed by atoms with Crippen molar-refractivity contribution in [1.82, 2.24) is 9.80 Å². The third kappa shape index (κ3) is 4.00. The molecule has 0 saturated carbocycles. The lowest BCUT2D eigenvalue weighted by Gasteiger charge is -2.37. The van der Waals surface area contributed by atoms with Gasteiger partial charge in [-0.25, -0.2) is 0 Å². The summed E-state index contributed by atoms with van der Waals surface area (Å²) in [5.41, 5.74) is 1.49. The van der Waals surface area contributed by atoms with Gasteiger partial charge in [-0.15, -0.1) is 11.8 Å². The van der Waals surface area contributed by atoms with Crippen LogP contribution in [-0.2, 0) is 6.54 Å². The van der Waals surface area contributed by atoms with Crippen molar-refractivity contribution in [3.05, 3.63) is 29.8 Å². The highest BCUT2D eigenvalue weighted by Crippen LogP contribution is 2.26. The second-order valence-electron chi connectivity index (χ2n) is 6.13. The third-order valence-electron chi connectivity index (χ3n) is 4.72. The highest BCUT2D eigenvalue weighted by molar-refractivity contribution is 7.98. The predicted octanol–water partition coefficient (Wildman–Crippen LogP) is 3.57. The Morgan fingerprint density at radius 1 is 1.25 bits per heavy atom. The number of hydrogen-bond donors (Lipinski definition) is 0. The van der Waals surface area contributed by atoms with E-state index in [1.165, 1.54) is 36.4 Å². The van der Waals surface area contributed by atoms with Crippen molar-refractivity contribution in [1.29, 1.82) is 0 Å². The molecule has 1 aromatic rings. The summed E-state index contributed by atoms with van der Waals surface area (Å²) in [5.74, 6) is 0.858. The Balaban J connectivity index is 1.88. The van der Waals surface area contributed by atoms with E-state index in [0.717, 1.165) is 12.5 Å². The molecule has 0 spiro atoms. The van der Waals surface area contributed by atoms with Gasteiger partial charge in [-0.05, 0) is 70.8 Å². The van der Waals surface area contributed by atoms with Gasteiger partial charge >= 0.3 is 0 Å². The number of likely N-dealkylation sites (tertiary alicyclic amines) is 1. The largest absolute Gasteiger partial charge is 0.306 e. The molecule has 3 heteroatoms. The van der Waals surface area contributed by atoms with Crippen LogP contribution < -0.4 is 0 Å². The molecule has 1 aromatic carbocycles. The van der Waals surface area contributed by atoms with Crippen molar-refractivity contribution >= 4 is 11.8 Å². The van der Waals surface area contributed by atoms with E-state index >= 15 is 0 Å². The summed E-state index contributed by atoms with van der Waals surface area (Å²) in [7, 11) is 4.40. The highest BCUT2D eigenvalue weighted by atomic mass is 32.2. The minimum absolute atomic E-state index is 0.704. The third-order valence-corrected chi connectivity index (χ3v) is 5.55. The number of hydrogen-bond acceptors (Lipinski definition) is 3. The van der Waals surface area contributed by atoms with Crippen LogP contribution in [0.5, 0.6) is 0 Å². The van der Waals surface area contributed by atoms with Crippen LogP contribution in [0.4, 0.5) is 0 Å². The lowest BCUT2D eigenvalue weighted by molar-refractivity contribution is 0.120. The van der Waals surface area contributed by atoms with Crippen LogP contribution in [0.2, 0.25) is 0 Å². The molecule has 2 rings (SSSR count). The molecule has 0 bridgehead atoms. The second kappa shape index (κ2) is 7.48. The minimum Gasteiger partial charge on any atom is -0.306 e. The number of nitrogens with zero attached hydrogens (tertiary/aromatic N) is 2. The van der Waals surface area contributed by atoms with Gasteiger partial charge in [0.25, 0.3) is 0 Å². The summed E-state index contributed by atoms with van der Waals surface area (Å²) >= 11 is 1.86. The lowest BCUT2D eigenvalue weighted by Crippen LogP contribution is -2.41. The van der Waals surface area contributed by atoms with E-state index < -0.39 is 0 Å². The van der Waals surface area contributed by atoms with Gasteiger partial charge in [-0.1, -0.05) is 18.2 Å². The Hall–Kier alpha value is -0.510. The van der Waals surface area contributed by atoms with Crippen molar-refractivity contribution in [3.63, 3.8) is 0 Å². The van der Waals surface area contributed by atoms with Crippen molar-refractivity contribution in [2.24, 2.45) is 5.92 Å². The Labute approximate surface area is 128 Å². The molecule has 112 valence electrons. The van der Waals surface area contributed by atoms with Crippen LogP contribution in [0, 0.1) is 5.92 Å². The van der Waals surface area contributed by atoms with Crippen molar-refractivity contribution in [3.8, 4) is 0 Å². The fraction of sp³-hybridized carbons (Fsp3) is 0.647. The Morgan fingerprint density at radius 2 is 1.90 bits per heavy atom. The fourth-order valence-corrected chi connectivity index (χ4v) is 3.70. The molecule has 1 saturated heterocycles. The summed E-state index contributed by atoms with van der Waals surface area (Å²) < 4.78 is 0. The molecule has 1 fully saturated rings. The molecular formula is C17H28N2S. The maximum atomic E-state index is 2.62. The molecule has 20 heavy (non-hydrogen) atoms. The maximum Gasteiger partial charge on any atom is 0.0244 e. The van der Waals surface area contributed by atoms with Crippen molar-refractivity contribution in [2.45, 2.75) is 37.2 Å². The van der Waals surface area contributed by atoms with Gasteiger partial charge in [0.1, 0.15) is 0 Å². The zero-order valence-electron chi connectivity index (χ0n) is 13.3. The van der Waals surface area contributed by atoms with E-state index in [1.807, 2.05) is 11.8 Å². The number of thioether (sulfide) groups is 1. The molecule has 1 heterocycles. The van der Waals surface area contributed by atoms with Crippen LogP contribution in [-0.4, -0.2) is 49.3 Å². The van der Waals surface area contributed by atoms with Gasteiger partial charge in [0.05, 0.1) is 0 Å². The SMILES string of the molecule is CSc1ccccc1CN1CCC(C(C)N(C)C)CC1. The molecule has 0 aliphatic carbocycles. The summed E-state index contributed by atoms with van der Waals surface area (Å²) in [6.45, 7) is 5.96. The highest BCUT2D eigenvalue weighted by Gasteiger charge is 2.25. The Bertz CT molecular complexity index is 411. The van der Waals surface area contributed by atoms with E-state index in [0.29, 0.717) is 6.04 Å². The predicted molar refractivity (Wildman–Crippen MR) is 89.4 cm³/mol. The van der Waals surface area contributed by atoms with Crippen molar-refractivity contribution < 1.29 is 0 Å². The Kier molecular flexibility index (Phi) is 5.94. The average Bonchev–Trinajstić information content (AvgIpc) is 2.48. The van der Waals surface area contributed by atoms with E-state index in [1.54, 1.807) is 0 Å². The zero-order valence-corrected chi connectivity index (χ0v) is 14.1. The molecule has 2 nitrogen and oxygen atoms in total. The quantitative estimate of drug-likeness (QED) is 0.766. The van der Waals surface area contributed by atoms with Crippen LogP contribution in [0.15, 0.2) is 29.2 Å². The summed E-state index contributed by atoms with van der Waals surface area (Å²) in [6, 6.07) is 9.52. The average molecular weight is 292 g/mol. The number of benzene rings is 1. The molecule has 0 radical (unpaired) electrons. The first-order chi connectivity index (χ1) is 9.61. The Morgan fingerprint density at radius 3 is 2.50 bits per heavy atom. The zero-order chi connectivity index (χ0) is 14.5. The van der Waals surface area contributed by atoms with Gasteiger partial charge in [0.15, 0.2) is 0 Å².